The molecule has 0 amide bonds. The number of carbonyl (C=O) groups excluding carboxylic acids is 3. The zero-order valence-corrected chi connectivity index (χ0v) is 45.9. The number of carbonyl (C=O) groups is 3. The molecule has 0 aliphatic carbocycles. The predicted molar refractivity (Wildman–Crippen MR) is 289 cm³/mol. The number of unbranched alkanes of at least 4 members (excludes halogenated alkanes) is 43. The summed E-state index contributed by atoms with van der Waals surface area (Å²) in [6, 6.07) is 0. The molecule has 0 spiro atoms. The molecule has 0 rings (SSSR count). The van der Waals surface area contributed by atoms with Gasteiger partial charge in [0.25, 0.3) is 0 Å². The molecule has 0 aliphatic rings. The average Bonchev–Trinajstić information content (AvgIpc) is 3.31. The molecule has 0 saturated carbocycles. The molecule has 6 heteroatoms. The van der Waals surface area contributed by atoms with Crippen molar-refractivity contribution in [3.05, 3.63) is 0 Å². The maximum Gasteiger partial charge on any atom is 0.306 e. The Hall–Kier alpha value is -1.59. The molecule has 0 unspecified atom stereocenters. The molecule has 0 heterocycles. The van der Waals surface area contributed by atoms with E-state index in [1.165, 1.54) is 244 Å². The minimum atomic E-state index is -0.762. The first-order chi connectivity index (χ1) is 32.9. The Balaban J connectivity index is 4.27. The van der Waals surface area contributed by atoms with Crippen LogP contribution in [0, 0.1) is 5.92 Å². The van der Waals surface area contributed by atoms with Gasteiger partial charge in [0, 0.05) is 19.3 Å². The number of hydrogen-bond acceptors (Lipinski definition) is 6. The molecular weight excluding hydrogens is 829 g/mol. The summed E-state index contributed by atoms with van der Waals surface area (Å²) in [6.07, 6.45) is 61.0. The summed E-state index contributed by atoms with van der Waals surface area (Å²) in [5, 5.41) is 0. The molecule has 398 valence electrons. The van der Waals surface area contributed by atoms with E-state index >= 15 is 0 Å². The van der Waals surface area contributed by atoms with Crippen LogP contribution in [0.1, 0.15) is 349 Å². The van der Waals surface area contributed by atoms with Crippen molar-refractivity contribution in [1.29, 1.82) is 0 Å². The van der Waals surface area contributed by atoms with Gasteiger partial charge in [-0.1, -0.05) is 310 Å². The number of hydrogen-bond donors (Lipinski definition) is 0. The van der Waals surface area contributed by atoms with Gasteiger partial charge in [-0.2, -0.15) is 0 Å². The van der Waals surface area contributed by atoms with Crippen LogP contribution in [0.2, 0.25) is 0 Å². The van der Waals surface area contributed by atoms with Crippen molar-refractivity contribution in [3.8, 4) is 0 Å². The van der Waals surface area contributed by atoms with E-state index < -0.39 is 6.10 Å². The fourth-order valence-corrected chi connectivity index (χ4v) is 9.46. The third-order valence-electron chi connectivity index (χ3n) is 14.0. The Morgan fingerprint density at radius 2 is 0.493 bits per heavy atom. The van der Waals surface area contributed by atoms with Gasteiger partial charge in [-0.15, -0.1) is 0 Å². The summed E-state index contributed by atoms with van der Waals surface area (Å²) < 4.78 is 16.9. The van der Waals surface area contributed by atoms with E-state index in [1.54, 1.807) is 0 Å². The van der Waals surface area contributed by atoms with Crippen molar-refractivity contribution in [2.24, 2.45) is 5.92 Å². The van der Waals surface area contributed by atoms with Gasteiger partial charge in [-0.25, -0.2) is 0 Å². The summed E-state index contributed by atoms with van der Waals surface area (Å²) in [5.74, 6) is 0.0178. The lowest BCUT2D eigenvalue weighted by molar-refractivity contribution is -0.167. The SMILES string of the molecule is CCCCCCCCCCCCCCCCCCCCC(=O)O[C@@H](COC(=O)CCCCCCCCCCCCCCC)COC(=O)CCCCCCCCCCCCCCCCCC(C)C. The van der Waals surface area contributed by atoms with E-state index in [0.29, 0.717) is 19.3 Å². The first-order valence-electron chi connectivity index (χ1n) is 30.4. The van der Waals surface area contributed by atoms with Gasteiger partial charge in [0.2, 0.25) is 0 Å². The lowest BCUT2D eigenvalue weighted by Gasteiger charge is -2.18. The molecule has 0 N–H and O–H groups in total. The van der Waals surface area contributed by atoms with Crippen LogP contribution >= 0.6 is 0 Å². The summed E-state index contributed by atoms with van der Waals surface area (Å²) in [6.45, 7) is 9.08. The quantitative estimate of drug-likeness (QED) is 0.0343. The fourth-order valence-electron chi connectivity index (χ4n) is 9.46. The summed E-state index contributed by atoms with van der Waals surface area (Å²) in [5.41, 5.74) is 0. The summed E-state index contributed by atoms with van der Waals surface area (Å²) >= 11 is 0. The molecule has 0 aliphatic heterocycles. The van der Waals surface area contributed by atoms with Gasteiger partial charge in [0.1, 0.15) is 13.2 Å². The van der Waals surface area contributed by atoms with Gasteiger partial charge in [-0.05, 0) is 25.2 Å². The van der Waals surface area contributed by atoms with Crippen LogP contribution in [0.15, 0.2) is 0 Å². The van der Waals surface area contributed by atoms with Crippen LogP contribution in [0.25, 0.3) is 0 Å². The highest BCUT2D eigenvalue weighted by atomic mass is 16.6. The molecule has 0 aromatic carbocycles. The second-order valence-electron chi connectivity index (χ2n) is 21.5. The van der Waals surface area contributed by atoms with Crippen molar-refractivity contribution >= 4 is 17.9 Å². The zero-order valence-electron chi connectivity index (χ0n) is 45.9. The molecule has 0 saturated heterocycles. The minimum Gasteiger partial charge on any atom is -0.462 e. The number of ether oxygens (including phenoxy) is 3. The van der Waals surface area contributed by atoms with E-state index in [-0.39, 0.29) is 31.1 Å². The number of esters is 3. The Morgan fingerprint density at radius 1 is 0.284 bits per heavy atom. The Morgan fingerprint density at radius 3 is 0.731 bits per heavy atom. The molecule has 0 aromatic rings. The zero-order chi connectivity index (χ0) is 48.8. The molecule has 67 heavy (non-hydrogen) atoms. The first-order valence-corrected chi connectivity index (χ1v) is 30.4. The molecular formula is C61H118O6. The van der Waals surface area contributed by atoms with Gasteiger partial charge in [-0.3, -0.25) is 14.4 Å². The smallest absolute Gasteiger partial charge is 0.306 e. The topological polar surface area (TPSA) is 78.9 Å². The highest BCUT2D eigenvalue weighted by Crippen LogP contribution is 2.18. The van der Waals surface area contributed by atoms with Crippen LogP contribution in [0.3, 0.4) is 0 Å². The lowest BCUT2D eigenvalue weighted by Crippen LogP contribution is -2.30. The number of rotatable bonds is 56. The van der Waals surface area contributed by atoms with Gasteiger partial charge < -0.3 is 14.2 Å². The molecule has 0 radical (unpaired) electrons. The van der Waals surface area contributed by atoms with Crippen molar-refractivity contribution < 1.29 is 28.6 Å². The standard InChI is InChI=1S/C61H118O6/c1-5-7-9-11-13-15-17-19-20-21-22-25-30-34-38-42-46-50-54-61(64)67-58(55-65-59(62)52-48-44-40-36-32-27-18-16-14-12-10-8-6-2)56-66-60(63)53-49-45-41-37-33-29-26-23-24-28-31-35-39-43-47-51-57(3)4/h57-58H,5-56H2,1-4H3/t58-/m0/s1. The van der Waals surface area contributed by atoms with Gasteiger partial charge >= 0.3 is 17.9 Å². The predicted octanol–water partition coefficient (Wildman–Crippen LogP) is 20.2. The van der Waals surface area contributed by atoms with Crippen LogP contribution in [-0.2, 0) is 28.6 Å². The second-order valence-corrected chi connectivity index (χ2v) is 21.5. The molecule has 0 bridgehead atoms. The van der Waals surface area contributed by atoms with Crippen molar-refractivity contribution in [2.45, 2.75) is 355 Å². The fraction of sp³-hybridized carbons (Fsp3) is 0.951. The van der Waals surface area contributed by atoms with E-state index in [4.69, 9.17) is 14.2 Å². The van der Waals surface area contributed by atoms with Crippen molar-refractivity contribution in [1.82, 2.24) is 0 Å². The van der Waals surface area contributed by atoms with Crippen molar-refractivity contribution in [3.63, 3.8) is 0 Å². The van der Waals surface area contributed by atoms with Crippen LogP contribution in [-0.4, -0.2) is 37.2 Å². The minimum absolute atomic E-state index is 0.0615. The van der Waals surface area contributed by atoms with Crippen LogP contribution in [0.5, 0.6) is 0 Å². The second kappa shape index (κ2) is 55.3. The Labute approximate surface area is 418 Å². The maximum atomic E-state index is 12.9. The van der Waals surface area contributed by atoms with Crippen LogP contribution in [0.4, 0.5) is 0 Å². The highest BCUT2D eigenvalue weighted by Gasteiger charge is 2.19. The largest absolute Gasteiger partial charge is 0.462 e. The van der Waals surface area contributed by atoms with Gasteiger partial charge in [0.15, 0.2) is 6.10 Å². The lowest BCUT2D eigenvalue weighted by atomic mass is 10.0. The van der Waals surface area contributed by atoms with E-state index in [1.807, 2.05) is 0 Å². The molecule has 0 aromatic heterocycles. The average molecular weight is 948 g/mol. The third kappa shape index (κ3) is 55.2. The normalized spacial score (nSPS) is 12.0. The van der Waals surface area contributed by atoms with Crippen molar-refractivity contribution in [2.75, 3.05) is 13.2 Å². The van der Waals surface area contributed by atoms with Gasteiger partial charge in [0.05, 0.1) is 0 Å². The summed E-state index contributed by atoms with van der Waals surface area (Å²) in [7, 11) is 0. The van der Waals surface area contributed by atoms with E-state index in [2.05, 4.69) is 27.7 Å². The molecule has 1 atom stereocenters. The van der Waals surface area contributed by atoms with E-state index in [0.717, 1.165) is 63.7 Å². The van der Waals surface area contributed by atoms with E-state index in [9.17, 15) is 14.4 Å². The first kappa shape index (κ1) is 65.4. The Bertz CT molecular complexity index is 1010. The van der Waals surface area contributed by atoms with Crippen LogP contribution < -0.4 is 0 Å². The molecule has 0 fully saturated rings. The molecule has 6 nitrogen and oxygen atoms in total. The maximum absolute atomic E-state index is 12.9. The Kier molecular flexibility index (Phi) is 54.0. The summed E-state index contributed by atoms with van der Waals surface area (Å²) in [4.78, 5) is 38.2. The highest BCUT2D eigenvalue weighted by molar-refractivity contribution is 5.71. The third-order valence-corrected chi connectivity index (χ3v) is 14.0. The monoisotopic (exact) mass is 947 g/mol.